The molecule has 2 N–H and O–H groups in total. The van der Waals surface area contributed by atoms with E-state index in [1.807, 2.05) is 13.0 Å². The van der Waals surface area contributed by atoms with Crippen molar-refractivity contribution in [1.29, 1.82) is 0 Å². The van der Waals surface area contributed by atoms with Crippen LogP contribution in [0, 0.1) is 6.92 Å². The fraction of sp³-hybridized carbons (Fsp3) is 0.455. The molecule has 0 fully saturated rings. The fourth-order valence-corrected chi connectivity index (χ4v) is 1.52. The molecule has 0 aliphatic carbocycles. The molecule has 0 radical (unpaired) electrons. The van der Waals surface area contributed by atoms with Crippen LogP contribution in [0.25, 0.3) is 0 Å². The molecule has 2 nitrogen and oxygen atoms in total. The lowest BCUT2D eigenvalue weighted by Crippen LogP contribution is -2.09. The highest BCUT2D eigenvalue weighted by Crippen LogP contribution is 2.31. The smallest absolute Gasteiger partial charge is 0.138 e. The summed E-state index contributed by atoms with van der Waals surface area (Å²) in [7, 11) is 1.62. The predicted molar refractivity (Wildman–Crippen MR) is 60.2 cm³/mol. The lowest BCUT2D eigenvalue weighted by molar-refractivity contribution is 0.414. The van der Waals surface area contributed by atoms with E-state index in [1.54, 1.807) is 7.11 Å². The van der Waals surface area contributed by atoms with Crippen molar-refractivity contribution in [2.24, 2.45) is 5.73 Å². The van der Waals surface area contributed by atoms with Gasteiger partial charge in [-0.1, -0.05) is 24.6 Å². The highest BCUT2D eigenvalue weighted by molar-refractivity contribution is 6.32. The summed E-state index contributed by atoms with van der Waals surface area (Å²) in [5, 5.41) is 0.681. The Morgan fingerprint density at radius 1 is 1.50 bits per heavy atom. The van der Waals surface area contributed by atoms with Gasteiger partial charge in [0.2, 0.25) is 0 Å². The fourth-order valence-electron chi connectivity index (χ4n) is 1.33. The Bertz CT molecular complexity index is 325. The Balaban J connectivity index is 3.16. The highest BCUT2D eigenvalue weighted by Gasteiger charge is 2.10. The van der Waals surface area contributed by atoms with Crippen molar-refractivity contribution in [2.75, 3.05) is 13.7 Å². The van der Waals surface area contributed by atoms with Gasteiger partial charge in [-0.2, -0.15) is 0 Å². The van der Waals surface area contributed by atoms with Crippen LogP contribution in [-0.4, -0.2) is 13.7 Å². The van der Waals surface area contributed by atoms with Crippen molar-refractivity contribution in [3.8, 4) is 5.75 Å². The van der Waals surface area contributed by atoms with Gasteiger partial charge in [-0.05, 0) is 36.6 Å². The molecule has 0 aliphatic rings. The normalized spacial score (nSPS) is 12.6. The molecule has 0 heterocycles. The van der Waals surface area contributed by atoms with Gasteiger partial charge in [-0.25, -0.2) is 0 Å². The molecule has 1 aromatic rings. The van der Waals surface area contributed by atoms with Crippen LogP contribution in [0.5, 0.6) is 5.75 Å². The first kappa shape index (κ1) is 11.3. The van der Waals surface area contributed by atoms with Crippen LogP contribution in [0.15, 0.2) is 12.1 Å². The molecular weight excluding hydrogens is 198 g/mol. The maximum atomic E-state index is 6.06. The number of methoxy groups -OCH3 is 1. The Kier molecular flexibility index (Phi) is 3.78. The number of benzene rings is 1. The first-order valence-electron chi connectivity index (χ1n) is 4.64. The van der Waals surface area contributed by atoms with Gasteiger partial charge in [0.15, 0.2) is 0 Å². The van der Waals surface area contributed by atoms with E-state index in [0.29, 0.717) is 17.5 Å². The number of rotatable bonds is 3. The summed E-state index contributed by atoms with van der Waals surface area (Å²) in [5.41, 5.74) is 7.81. The van der Waals surface area contributed by atoms with Gasteiger partial charge in [0.05, 0.1) is 12.1 Å². The van der Waals surface area contributed by atoms with Gasteiger partial charge >= 0.3 is 0 Å². The van der Waals surface area contributed by atoms with Crippen molar-refractivity contribution in [2.45, 2.75) is 19.8 Å². The predicted octanol–water partition coefficient (Wildman–Crippen LogP) is 2.72. The number of aryl methyl sites for hydroxylation is 1. The summed E-state index contributed by atoms with van der Waals surface area (Å²) in [4.78, 5) is 0. The Labute approximate surface area is 90.0 Å². The number of hydrogen-bond donors (Lipinski definition) is 1. The van der Waals surface area contributed by atoms with E-state index in [-0.39, 0.29) is 0 Å². The number of ether oxygens (including phenoxy) is 1. The standard InChI is InChI=1S/C11H16ClNO/c1-7-4-9(8(2)6-13)5-10(14-3)11(7)12/h4-5,8H,6,13H2,1-3H3. The first-order chi connectivity index (χ1) is 6.60. The maximum Gasteiger partial charge on any atom is 0.138 e. The van der Waals surface area contributed by atoms with E-state index < -0.39 is 0 Å². The van der Waals surface area contributed by atoms with E-state index in [4.69, 9.17) is 22.1 Å². The molecule has 0 amide bonds. The monoisotopic (exact) mass is 213 g/mol. The lowest BCUT2D eigenvalue weighted by atomic mass is 9.99. The van der Waals surface area contributed by atoms with Crippen molar-refractivity contribution in [3.63, 3.8) is 0 Å². The van der Waals surface area contributed by atoms with E-state index in [1.165, 1.54) is 5.56 Å². The van der Waals surface area contributed by atoms with E-state index in [9.17, 15) is 0 Å². The average Bonchev–Trinajstić information content (AvgIpc) is 2.20. The lowest BCUT2D eigenvalue weighted by Gasteiger charge is -2.13. The van der Waals surface area contributed by atoms with Gasteiger partial charge in [0.1, 0.15) is 5.75 Å². The van der Waals surface area contributed by atoms with Gasteiger partial charge in [-0.3, -0.25) is 0 Å². The second-order valence-electron chi connectivity index (χ2n) is 3.49. The molecule has 0 saturated heterocycles. The highest BCUT2D eigenvalue weighted by atomic mass is 35.5. The maximum absolute atomic E-state index is 6.06. The minimum absolute atomic E-state index is 0.333. The largest absolute Gasteiger partial charge is 0.495 e. The van der Waals surface area contributed by atoms with Crippen LogP contribution < -0.4 is 10.5 Å². The Morgan fingerprint density at radius 2 is 2.14 bits per heavy atom. The van der Waals surface area contributed by atoms with Crippen LogP contribution in [0.4, 0.5) is 0 Å². The van der Waals surface area contributed by atoms with Crippen LogP contribution >= 0.6 is 11.6 Å². The second-order valence-corrected chi connectivity index (χ2v) is 3.87. The SMILES string of the molecule is COc1cc(C(C)CN)cc(C)c1Cl. The third kappa shape index (κ3) is 2.20. The summed E-state index contributed by atoms with van der Waals surface area (Å²) >= 11 is 6.06. The van der Waals surface area contributed by atoms with Crippen molar-refractivity contribution < 1.29 is 4.74 Å². The third-order valence-corrected chi connectivity index (χ3v) is 2.87. The molecule has 78 valence electrons. The van der Waals surface area contributed by atoms with Crippen molar-refractivity contribution in [3.05, 3.63) is 28.3 Å². The van der Waals surface area contributed by atoms with Gasteiger partial charge in [-0.15, -0.1) is 0 Å². The molecule has 0 spiro atoms. The Morgan fingerprint density at radius 3 is 2.64 bits per heavy atom. The number of halogens is 1. The molecule has 0 aromatic heterocycles. The zero-order valence-electron chi connectivity index (χ0n) is 8.80. The van der Waals surface area contributed by atoms with Crippen molar-refractivity contribution >= 4 is 11.6 Å². The van der Waals surface area contributed by atoms with Gasteiger partial charge in [0, 0.05) is 0 Å². The zero-order chi connectivity index (χ0) is 10.7. The van der Waals surface area contributed by atoms with Gasteiger partial charge in [0.25, 0.3) is 0 Å². The minimum atomic E-state index is 0.333. The molecule has 0 bridgehead atoms. The summed E-state index contributed by atoms with van der Waals surface area (Å²) < 4.78 is 5.19. The molecule has 1 rings (SSSR count). The van der Waals surface area contributed by atoms with E-state index in [0.717, 1.165) is 11.3 Å². The van der Waals surface area contributed by atoms with Crippen LogP contribution in [0.2, 0.25) is 5.02 Å². The molecule has 0 aliphatic heterocycles. The molecule has 1 atom stereocenters. The third-order valence-electron chi connectivity index (χ3n) is 2.39. The zero-order valence-corrected chi connectivity index (χ0v) is 9.56. The summed E-state index contributed by atoms with van der Waals surface area (Å²) in [6, 6.07) is 4.01. The van der Waals surface area contributed by atoms with Gasteiger partial charge < -0.3 is 10.5 Å². The van der Waals surface area contributed by atoms with Crippen LogP contribution in [-0.2, 0) is 0 Å². The molecule has 1 aromatic carbocycles. The second kappa shape index (κ2) is 4.67. The molecule has 14 heavy (non-hydrogen) atoms. The molecular formula is C11H16ClNO. The molecule has 3 heteroatoms. The topological polar surface area (TPSA) is 35.2 Å². The Hall–Kier alpha value is -0.730. The summed E-state index contributed by atoms with van der Waals surface area (Å²) in [6.45, 7) is 4.68. The summed E-state index contributed by atoms with van der Waals surface area (Å²) in [6.07, 6.45) is 0. The molecule has 1 unspecified atom stereocenters. The molecule has 0 saturated carbocycles. The van der Waals surface area contributed by atoms with Crippen LogP contribution in [0.1, 0.15) is 24.0 Å². The van der Waals surface area contributed by atoms with Crippen LogP contribution in [0.3, 0.4) is 0 Å². The van der Waals surface area contributed by atoms with E-state index in [2.05, 4.69) is 13.0 Å². The number of hydrogen-bond acceptors (Lipinski definition) is 2. The van der Waals surface area contributed by atoms with E-state index >= 15 is 0 Å². The minimum Gasteiger partial charge on any atom is -0.495 e. The average molecular weight is 214 g/mol. The quantitative estimate of drug-likeness (QED) is 0.838. The number of nitrogens with two attached hydrogens (primary N) is 1. The summed E-state index contributed by atoms with van der Waals surface area (Å²) in [5.74, 6) is 1.06. The first-order valence-corrected chi connectivity index (χ1v) is 5.02. The van der Waals surface area contributed by atoms with Crippen molar-refractivity contribution in [1.82, 2.24) is 0 Å².